The summed E-state index contributed by atoms with van der Waals surface area (Å²) in [5.41, 5.74) is 7.02. The van der Waals surface area contributed by atoms with E-state index in [2.05, 4.69) is 12.1 Å². The summed E-state index contributed by atoms with van der Waals surface area (Å²) in [6.07, 6.45) is 1.13. The molecule has 2 atom stereocenters. The molecule has 1 aromatic carbocycles. The molecule has 0 spiro atoms. The van der Waals surface area contributed by atoms with Gasteiger partial charge in [-0.2, -0.15) is 0 Å². The molecule has 0 heterocycles. The summed E-state index contributed by atoms with van der Waals surface area (Å²) in [7, 11) is 0. The minimum absolute atomic E-state index is 0.385. The van der Waals surface area contributed by atoms with Gasteiger partial charge < -0.3 is 5.73 Å². The van der Waals surface area contributed by atoms with Crippen LogP contribution in [-0.2, 0) is 0 Å². The van der Waals surface area contributed by atoms with Crippen LogP contribution in [0.5, 0.6) is 0 Å². The van der Waals surface area contributed by atoms with E-state index >= 15 is 0 Å². The Morgan fingerprint density at radius 3 is 2.27 bits per heavy atom. The Labute approximate surface area is 71.2 Å². The van der Waals surface area contributed by atoms with Crippen molar-refractivity contribution < 1.29 is 0 Å². The summed E-state index contributed by atoms with van der Waals surface area (Å²) in [6.45, 7) is 0. The Morgan fingerprint density at radius 1 is 1.27 bits per heavy atom. The molecule has 1 saturated carbocycles. The van der Waals surface area contributed by atoms with Crippen LogP contribution in [0.2, 0.25) is 5.02 Å². The lowest BCUT2D eigenvalue weighted by molar-refractivity contribution is 0.991. The molecule has 2 rings (SSSR count). The van der Waals surface area contributed by atoms with Gasteiger partial charge in [0.05, 0.1) is 0 Å². The van der Waals surface area contributed by atoms with Gasteiger partial charge in [-0.3, -0.25) is 0 Å². The first-order chi connectivity index (χ1) is 5.27. The summed E-state index contributed by atoms with van der Waals surface area (Å²) in [6, 6.07) is 8.33. The predicted molar refractivity (Wildman–Crippen MR) is 46.8 cm³/mol. The highest BCUT2D eigenvalue weighted by atomic mass is 35.5. The van der Waals surface area contributed by atoms with E-state index in [1.807, 2.05) is 12.1 Å². The van der Waals surface area contributed by atoms with Gasteiger partial charge in [-0.25, -0.2) is 0 Å². The van der Waals surface area contributed by atoms with Crippen LogP contribution in [0.15, 0.2) is 24.3 Å². The average Bonchev–Trinajstić information content (AvgIpc) is 2.69. The van der Waals surface area contributed by atoms with E-state index in [9.17, 15) is 0 Å². The van der Waals surface area contributed by atoms with Gasteiger partial charge in [0.1, 0.15) is 0 Å². The fraction of sp³-hybridized carbons (Fsp3) is 0.333. The molecule has 58 valence electrons. The first kappa shape index (κ1) is 7.14. The highest BCUT2D eigenvalue weighted by molar-refractivity contribution is 6.30. The van der Waals surface area contributed by atoms with Crippen molar-refractivity contribution in [1.29, 1.82) is 0 Å². The van der Waals surface area contributed by atoms with Crippen LogP contribution < -0.4 is 5.73 Å². The van der Waals surface area contributed by atoms with Crippen molar-refractivity contribution in [2.24, 2.45) is 5.73 Å². The first-order valence-corrected chi connectivity index (χ1v) is 4.16. The molecular formula is C9H10ClN. The largest absolute Gasteiger partial charge is 0.327 e. The maximum absolute atomic E-state index is 5.74. The molecule has 1 fully saturated rings. The van der Waals surface area contributed by atoms with Crippen LogP contribution in [0.4, 0.5) is 0 Å². The lowest BCUT2D eigenvalue weighted by Gasteiger charge is -1.96. The van der Waals surface area contributed by atoms with E-state index in [0.29, 0.717) is 12.0 Å². The van der Waals surface area contributed by atoms with E-state index in [4.69, 9.17) is 17.3 Å². The Bertz CT molecular complexity index is 255. The van der Waals surface area contributed by atoms with Crippen LogP contribution in [0.25, 0.3) is 0 Å². The molecular weight excluding hydrogens is 158 g/mol. The Hall–Kier alpha value is -0.530. The van der Waals surface area contributed by atoms with E-state index in [0.717, 1.165) is 11.4 Å². The van der Waals surface area contributed by atoms with Crippen molar-refractivity contribution in [3.8, 4) is 0 Å². The zero-order valence-corrected chi connectivity index (χ0v) is 6.88. The number of rotatable bonds is 1. The molecule has 0 saturated heterocycles. The molecule has 2 heteroatoms. The van der Waals surface area contributed by atoms with Crippen LogP contribution in [0.3, 0.4) is 0 Å². The normalized spacial score (nSPS) is 28.5. The quantitative estimate of drug-likeness (QED) is 0.682. The van der Waals surface area contributed by atoms with E-state index in [1.54, 1.807) is 0 Å². The minimum atomic E-state index is 0.385. The number of halogens is 1. The third-order valence-electron chi connectivity index (χ3n) is 2.14. The zero-order valence-electron chi connectivity index (χ0n) is 6.13. The van der Waals surface area contributed by atoms with Gasteiger partial charge in [-0.05, 0) is 24.1 Å². The van der Waals surface area contributed by atoms with Crippen molar-refractivity contribution in [1.82, 2.24) is 0 Å². The summed E-state index contributed by atoms with van der Waals surface area (Å²) in [5.74, 6) is 0.590. The first-order valence-electron chi connectivity index (χ1n) is 3.78. The van der Waals surface area contributed by atoms with Gasteiger partial charge in [0.25, 0.3) is 0 Å². The lowest BCUT2D eigenvalue weighted by Crippen LogP contribution is -2.00. The van der Waals surface area contributed by atoms with Crippen LogP contribution in [0, 0.1) is 0 Å². The Balaban J connectivity index is 2.21. The van der Waals surface area contributed by atoms with Crippen LogP contribution in [0.1, 0.15) is 17.9 Å². The molecule has 2 N–H and O–H groups in total. The third-order valence-corrected chi connectivity index (χ3v) is 2.39. The fourth-order valence-corrected chi connectivity index (χ4v) is 1.43. The Kier molecular flexibility index (Phi) is 1.63. The number of benzene rings is 1. The second-order valence-electron chi connectivity index (χ2n) is 3.06. The van der Waals surface area contributed by atoms with Crippen molar-refractivity contribution in [2.45, 2.75) is 18.4 Å². The van der Waals surface area contributed by atoms with E-state index in [1.165, 1.54) is 5.56 Å². The van der Waals surface area contributed by atoms with Crippen molar-refractivity contribution in [3.63, 3.8) is 0 Å². The number of hydrogen-bond donors (Lipinski definition) is 1. The van der Waals surface area contributed by atoms with E-state index < -0.39 is 0 Å². The fourth-order valence-electron chi connectivity index (χ4n) is 1.31. The van der Waals surface area contributed by atoms with Gasteiger partial charge >= 0.3 is 0 Å². The SMILES string of the molecule is NC1C[C@@H]1c1ccc(Cl)cc1. The molecule has 1 unspecified atom stereocenters. The molecule has 0 bridgehead atoms. The molecule has 1 aliphatic rings. The summed E-state index contributed by atoms with van der Waals surface area (Å²) >= 11 is 5.74. The second-order valence-corrected chi connectivity index (χ2v) is 3.49. The topological polar surface area (TPSA) is 26.0 Å². The van der Waals surface area contributed by atoms with Crippen LogP contribution >= 0.6 is 11.6 Å². The summed E-state index contributed by atoms with van der Waals surface area (Å²) in [5, 5.41) is 0.794. The standard InChI is InChI=1S/C9H10ClN/c10-7-3-1-6(2-4-7)8-5-9(8)11/h1-4,8-9H,5,11H2/t8-,9?/m1/s1. The zero-order chi connectivity index (χ0) is 7.84. The van der Waals surface area contributed by atoms with Crippen molar-refractivity contribution in [3.05, 3.63) is 34.9 Å². The minimum Gasteiger partial charge on any atom is -0.327 e. The molecule has 1 aliphatic carbocycles. The van der Waals surface area contributed by atoms with Crippen LogP contribution in [-0.4, -0.2) is 6.04 Å². The predicted octanol–water partition coefficient (Wildman–Crippen LogP) is 2.15. The molecule has 0 aliphatic heterocycles. The molecule has 1 nitrogen and oxygen atoms in total. The van der Waals surface area contributed by atoms with Gasteiger partial charge in [-0.1, -0.05) is 23.7 Å². The van der Waals surface area contributed by atoms with Gasteiger partial charge in [0.15, 0.2) is 0 Å². The highest BCUT2D eigenvalue weighted by Gasteiger charge is 2.34. The lowest BCUT2D eigenvalue weighted by atomic mass is 10.1. The number of hydrogen-bond acceptors (Lipinski definition) is 1. The Morgan fingerprint density at radius 2 is 1.82 bits per heavy atom. The van der Waals surface area contributed by atoms with Gasteiger partial charge in [0.2, 0.25) is 0 Å². The third kappa shape index (κ3) is 1.39. The van der Waals surface area contributed by atoms with Crippen molar-refractivity contribution in [2.75, 3.05) is 0 Å². The maximum Gasteiger partial charge on any atom is 0.0406 e. The number of nitrogens with two attached hydrogens (primary N) is 1. The average molecular weight is 168 g/mol. The smallest absolute Gasteiger partial charge is 0.0406 e. The summed E-state index contributed by atoms with van der Waals surface area (Å²) in [4.78, 5) is 0. The van der Waals surface area contributed by atoms with Gasteiger partial charge in [-0.15, -0.1) is 0 Å². The van der Waals surface area contributed by atoms with Crippen molar-refractivity contribution >= 4 is 11.6 Å². The molecule has 1 aromatic rings. The summed E-state index contributed by atoms with van der Waals surface area (Å²) < 4.78 is 0. The van der Waals surface area contributed by atoms with E-state index in [-0.39, 0.29) is 0 Å². The monoisotopic (exact) mass is 167 g/mol. The second kappa shape index (κ2) is 2.50. The molecule has 11 heavy (non-hydrogen) atoms. The molecule has 0 amide bonds. The maximum atomic E-state index is 5.74. The highest BCUT2D eigenvalue weighted by Crippen LogP contribution is 2.38. The van der Waals surface area contributed by atoms with Gasteiger partial charge in [0, 0.05) is 17.0 Å². The molecule has 0 radical (unpaired) electrons. The molecule has 0 aromatic heterocycles.